The van der Waals surface area contributed by atoms with E-state index in [2.05, 4.69) is 9.88 Å². The molecule has 35 heavy (non-hydrogen) atoms. The summed E-state index contributed by atoms with van der Waals surface area (Å²) in [6, 6.07) is 25.7. The molecule has 2 heterocycles. The number of nitrogens with zero attached hydrogens (tertiary/aromatic N) is 2. The van der Waals surface area contributed by atoms with Gasteiger partial charge in [-0.25, -0.2) is 9.59 Å². The van der Waals surface area contributed by atoms with Crippen molar-refractivity contribution in [3.8, 4) is 5.69 Å². The minimum absolute atomic E-state index is 0.248. The lowest BCUT2D eigenvalue weighted by Crippen LogP contribution is -2.38. The Balaban J connectivity index is 1.60. The van der Waals surface area contributed by atoms with Crippen LogP contribution in [-0.4, -0.2) is 28.1 Å². The van der Waals surface area contributed by atoms with Crippen LogP contribution in [0.25, 0.3) is 5.69 Å². The first-order valence-corrected chi connectivity index (χ1v) is 11.8. The van der Waals surface area contributed by atoms with Crippen molar-refractivity contribution in [2.75, 3.05) is 11.9 Å². The summed E-state index contributed by atoms with van der Waals surface area (Å²) < 4.78 is 7.29. The van der Waals surface area contributed by atoms with Crippen LogP contribution in [-0.2, 0) is 11.3 Å². The number of ether oxygens (including phenoxy) is 1. The number of hydrogen-bond acceptors (Lipinski definition) is 3. The SMILES string of the molecule is CCOC(=O)c1ccccc1NC(=O)N1Cc2ccccc2-n2cccc2C1c1cccc(Cl)c1. The number of carbonyl (C=O) groups excluding carboxylic acids is 2. The van der Waals surface area contributed by atoms with E-state index in [-0.39, 0.29) is 12.6 Å². The van der Waals surface area contributed by atoms with Gasteiger partial charge in [-0.2, -0.15) is 0 Å². The number of urea groups is 1. The number of amides is 2. The second-order valence-corrected chi connectivity index (χ2v) is 8.65. The molecule has 0 radical (unpaired) electrons. The first-order chi connectivity index (χ1) is 17.1. The molecule has 1 N–H and O–H groups in total. The summed E-state index contributed by atoms with van der Waals surface area (Å²) in [6.45, 7) is 2.36. The van der Waals surface area contributed by atoms with Crippen molar-refractivity contribution in [3.05, 3.63) is 119 Å². The molecular weight excluding hydrogens is 462 g/mol. The monoisotopic (exact) mass is 485 g/mol. The summed E-state index contributed by atoms with van der Waals surface area (Å²) in [7, 11) is 0. The molecule has 0 fully saturated rings. The van der Waals surface area contributed by atoms with Crippen molar-refractivity contribution in [2.24, 2.45) is 0 Å². The van der Waals surface area contributed by atoms with Gasteiger partial charge >= 0.3 is 12.0 Å². The van der Waals surface area contributed by atoms with Gasteiger partial charge in [-0.3, -0.25) is 0 Å². The van der Waals surface area contributed by atoms with Gasteiger partial charge in [0.1, 0.15) is 0 Å². The molecule has 0 bridgehead atoms. The largest absolute Gasteiger partial charge is 0.462 e. The van der Waals surface area contributed by atoms with E-state index in [0.29, 0.717) is 22.8 Å². The van der Waals surface area contributed by atoms with Crippen LogP contribution in [0.4, 0.5) is 10.5 Å². The first kappa shape index (κ1) is 22.7. The van der Waals surface area contributed by atoms with Gasteiger partial charge in [0.2, 0.25) is 0 Å². The lowest BCUT2D eigenvalue weighted by atomic mass is 10.0. The highest BCUT2D eigenvalue weighted by Crippen LogP contribution is 2.37. The fraction of sp³-hybridized carbons (Fsp3) is 0.143. The van der Waals surface area contributed by atoms with Crippen LogP contribution in [0.2, 0.25) is 5.02 Å². The number of rotatable bonds is 4. The van der Waals surface area contributed by atoms with E-state index >= 15 is 0 Å². The van der Waals surface area contributed by atoms with E-state index < -0.39 is 12.0 Å². The Morgan fingerprint density at radius 1 is 1.00 bits per heavy atom. The molecule has 0 saturated heterocycles. The van der Waals surface area contributed by atoms with E-state index in [9.17, 15) is 9.59 Å². The van der Waals surface area contributed by atoms with Gasteiger partial charge in [0, 0.05) is 16.9 Å². The first-order valence-electron chi connectivity index (χ1n) is 11.4. The topological polar surface area (TPSA) is 63.6 Å². The zero-order valence-electron chi connectivity index (χ0n) is 19.1. The summed E-state index contributed by atoms with van der Waals surface area (Å²) in [4.78, 5) is 28.1. The third kappa shape index (κ3) is 4.40. The molecule has 1 unspecified atom stereocenters. The zero-order valence-corrected chi connectivity index (χ0v) is 19.9. The molecule has 3 aromatic carbocycles. The fourth-order valence-electron chi connectivity index (χ4n) is 4.53. The molecule has 1 atom stereocenters. The van der Waals surface area contributed by atoms with Crippen molar-refractivity contribution in [1.29, 1.82) is 0 Å². The van der Waals surface area contributed by atoms with Crippen LogP contribution in [0.3, 0.4) is 0 Å². The molecule has 5 rings (SSSR count). The molecule has 1 aliphatic heterocycles. The molecular formula is C28H24ClN3O3. The second kappa shape index (κ2) is 9.68. The van der Waals surface area contributed by atoms with E-state index in [0.717, 1.165) is 22.5 Å². The lowest BCUT2D eigenvalue weighted by Gasteiger charge is -2.31. The van der Waals surface area contributed by atoms with Crippen molar-refractivity contribution >= 4 is 29.3 Å². The summed E-state index contributed by atoms with van der Waals surface area (Å²) in [5.74, 6) is -0.482. The number of anilines is 1. The van der Waals surface area contributed by atoms with Crippen LogP contribution in [0, 0.1) is 0 Å². The molecule has 6 nitrogen and oxygen atoms in total. The van der Waals surface area contributed by atoms with Gasteiger partial charge in [-0.15, -0.1) is 0 Å². The summed E-state index contributed by atoms with van der Waals surface area (Å²) in [5.41, 5.74) is 4.55. The van der Waals surface area contributed by atoms with Crippen LogP contribution in [0.1, 0.15) is 40.1 Å². The Kier molecular flexibility index (Phi) is 6.29. The van der Waals surface area contributed by atoms with Gasteiger partial charge in [0.25, 0.3) is 0 Å². The summed E-state index contributed by atoms with van der Waals surface area (Å²) in [5, 5.41) is 3.55. The molecule has 1 aliphatic rings. The number of esters is 1. The van der Waals surface area contributed by atoms with Gasteiger partial charge in [-0.05, 0) is 60.5 Å². The minimum Gasteiger partial charge on any atom is -0.462 e. The number of nitrogens with one attached hydrogen (secondary N) is 1. The molecule has 0 spiro atoms. The number of para-hydroxylation sites is 2. The van der Waals surface area contributed by atoms with Gasteiger partial charge in [0.15, 0.2) is 0 Å². The second-order valence-electron chi connectivity index (χ2n) is 8.21. The number of benzene rings is 3. The highest BCUT2D eigenvalue weighted by molar-refractivity contribution is 6.30. The molecule has 4 aromatic rings. The Hall–Kier alpha value is -4.03. The molecule has 176 valence electrons. The number of carbonyl (C=O) groups is 2. The molecule has 7 heteroatoms. The van der Waals surface area contributed by atoms with Crippen molar-refractivity contribution < 1.29 is 14.3 Å². The number of fused-ring (bicyclic) bond motifs is 3. The maximum Gasteiger partial charge on any atom is 0.340 e. The highest BCUT2D eigenvalue weighted by atomic mass is 35.5. The normalized spacial score (nSPS) is 14.5. The van der Waals surface area contributed by atoms with Gasteiger partial charge in [-0.1, -0.05) is 54.1 Å². The zero-order chi connectivity index (χ0) is 24.4. The maximum absolute atomic E-state index is 13.9. The van der Waals surface area contributed by atoms with Crippen LogP contribution in [0.5, 0.6) is 0 Å². The van der Waals surface area contributed by atoms with E-state index in [1.807, 2.05) is 66.9 Å². The summed E-state index contributed by atoms with van der Waals surface area (Å²) in [6.07, 6.45) is 2.00. The molecule has 0 saturated carbocycles. The fourth-order valence-corrected chi connectivity index (χ4v) is 4.73. The molecule has 1 aromatic heterocycles. The van der Waals surface area contributed by atoms with Crippen LogP contribution in [0.15, 0.2) is 91.1 Å². The predicted octanol–water partition coefficient (Wildman–Crippen LogP) is 6.44. The minimum atomic E-state index is -0.482. The van der Waals surface area contributed by atoms with Gasteiger partial charge < -0.3 is 19.5 Å². The predicted molar refractivity (Wildman–Crippen MR) is 136 cm³/mol. The van der Waals surface area contributed by atoms with Crippen molar-refractivity contribution in [3.63, 3.8) is 0 Å². The highest BCUT2D eigenvalue weighted by Gasteiger charge is 2.33. The number of aromatic nitrogens is 1. The van der Waals surface area contributed by atoms with Crippen LogP contribution < -0.4 is 5.32 Å². The Bertz CT molecular complexity index is 1400. The average Bonchev–Trinajstić information content (AvgIpc) is 3.28. The Morgan fingerprint density at radius 2 is 1.80 bits per heavy atom. The van der Waals surface area contributed by atoms with E-state index in [1.54, 1.807) is 36.1 Å². The molecule has 0 aliphatic carbocycles. The lowest BCUT2D eigenvalue weighted by molar-refractivity contribution is 0.0527. The van der Waals surface area contributed by atoms with Gasteiger partial charge in [0.05, 0.1) is 36.1 Å². The third-order valence-corrected chi connectivity index (χ3v) is 6.29. The Morgan fingerprint density at radius 3 is 2.63 bits per heavy atom. The summed E-state index contributed by atoms with van der Waals surface area (Å²) >= 11 is 6.36. The van der Waals surface area contributed by atoms with Crippen LogP contribution >= 0.6 is 11.6 Å². The number of hydrogen-bond donors (Lipinski definition) is 1. The standard InChI is InChI=1S/C28H24ClN3O3/c1-2-35-27(33)22-12-4-5-13-23(22)30-28(34)32-18-20-9-3-6-14-24(20)31-16-8-15-25(31)26(32)19-10-7-11-21(29)17-19/h3-17,26H,2,18H2,1H3,(H,30,34). The van der Waals surface area contributed by atoms with Crippen molar-refractivity contribution in [2.45, 2.75) is 19.5 Å². The van der Waals surface area contributed by atoms with E-state index in [4.69, 9.17) is 16.3 Å². The average molecular weight is 486 g/mol. The Labute approximate surface area is 208 Å². The smallest absolute Gasteiger partial charge is 0.340 e. The quantitative estimate of drug-likeness (QED) is 0.338. The molecule has 2 amide bonds. The number of halogens is 1. The van der Waals surface area contributed by atoms with E-state index in [1.165, 1.54) is 0 Å². The van der Waals surface area contributed by atoms with Crippen molar-refractivity contribution in [1.82, 2.24) is 9.47 Å². The maximum atomic E-state index is 13.9. The third-order valence-electron chi connectivity index (χ3n) is 6.05.